The average molecular weight is 177 g/mol. The summed E-state index contributed by atoms with van der Waals surface area (Å²) in [6.45, 7) is 0.00176. The molecule has 4 nitrogen and oxygen atoms in total. The third-order valence-corrected chi connectivity index (χ3v) is 0.639. The van der Waals surface area contributed by atoms with E-state index in [0.717, 1.165) is 0 Å². The Hall–Kier alpha value is 0.640. The second-order valence-corrected chi connectivity index (χ2v) is 1.88. The molecule has 0 radical (unpaired) electrons. The number of thiol groups is 2. The summed E-state index contributed by atoms with van der Waals surface area (Å²) in [4.78, 5) is 19.4. The first-order chi connectivity index (χ1) is 3.68. The Morgan fingerprint density at radius 1 is 1.56 bits per heavy atom. The molecule has 48 valence electrons. The van der Waals surface area contributed by atoms with Gasteiger partial charge in [-0.15, -0.1) is 0 Å². The fraction of sp³-hybridized carbons (Fsp3) is 0. The molecule has 0 aromatic carbocycles. The van der Waals surface area contributed by atoms with E-state index in [1.54, 1.807) is 0 Å². The quantitative estimate of drug-likeness (QED) is 0.248. The first-order valence-corrected chi connectivity index (χ1v) is 2.30. The minimum absolute atomic E-state index is 0. The fourth-order valence-electron chi connectivity index (χ4n) is 0.0883. The van der Waals surface area contributed by atoms with Crippen LogP contribution in [0.2, 0.25) is 0 Å². The van der Waals surface area contributed by atoms with Crippen molar-refractivity contribution in [2.75, 3.05) is 0 Å². The van der Waals surface area contributed by atoms with Gasteiger partial charge in [-0.05, 0) is 25.6 Å². The van der Waals surface area contributed by atoms with Gasteiger partial charge in [-0.1, -0.05) is 0 Å². The molecule has 0 rings (SSSR count). The second kappa shape index (κ2) is 6.76. The molecule has 0 unspecified atom stereocenters. The van der Waals surface area contributed by atoms with Crippen molar-refractivity contribution >= 4 is 67.8 Å². The Balaban J connectivity index is 0. The zero-order valence-electron chi connectivity index (χ0n) is 3.64. The number of carbonyl (C=O) groups excluding carboxylic acids is 2. The number of hydrogen-bond donors (Lipinski definition) is 2. The van der Waals surface area contributed by atoms with Gasteiger partial charge in [0.05, 0.1) is 0 Å². The minimum atomic E-state index is -0.924. The molecule has 1 amide bonds. The van der Waals surface area contributed by atoms with Crippen molar-refractivity contribution < 1.29 is 14.3 Å². The van der Waals surface area contributed by atoms with Crippen molar-refractivity contribution in [2.24, 2.45) is 0 Å². The molecule has 0 N–H and O–H groups in total. The van der Waals surface area contributed by atoms with Crippen LogP contribution < -0.4 is 0 Å². The summed E-state index contributed by atoms with van der Waals surface area (Å²) < 4.78 is 4.31. The van der Waals surface area contributed by atoms with Crippen LogP contribution in [-0.4, -0.2) is 45.8 Å². The number of hydrogen-bond acceptors (Lipinski definition) is 5. The van der Waals surface area contributed by atoms with Gasteiger partial charge in [0, 0.05) is 0 Å². The van der Waals surface area contributed by atoms with Crippen LogP contribution in [0.5, 0.6) is 0 Å². The predicted molar refractivity (Wildman–Crippen MR) is 39.5 cm³/mol. The number of nitrogens with zero attached hydrogens (tertiary/aromatic N) is 1. The van der Waals surface area contributed by atoms with E-state index < -0.39 is 6.09 Å². The summed E-state index contributed by atoms with van der Waals surface area (Å²) in [5.41, 5.74) is 0. The third kappa shape index (κ3) is 6.53. The monoisotopic (exact) mass is 177 g/mol. The van der Waals surface area contributed by atoms with Crippen LogP contribution in [0.4, 0.5) is 4.79 Å². The van der Waals surface area contributed by atoms with Gasteiger partial charge >= 0.3 is 42.1 Å². The van der Waals surface area contributed by atoms with Crippen LogP contribution in [0.3, 0.4) is 0 Å². The standard InChI is InChI=1S/C2H3NO3S2.Na.H/c4-1-6-2(5)3(7)8;;/h1,7-8H;;. The summed E-state index contributed by atoms with van der Waals surface area (Å²) in [7, 11) is 0. The SMILES string of the molecule is O=COC(=O)N(S)S.[NaH]. The van der Waals surface area contributed by atoms with Crippen molar-refractivity contribution in [1.82, 2.24) is 3.71 Å². The Morgan fingerprint density at radius 2 is 2.00 bits per heavy atom. The summed E-state index contributed by atoms with van der Waals surface area (Å²) in [6.07, 6.45) is -0.924. The van der Waals surface area contributed by atoms with Gasteiger partial charge in [-0.2, -0.15) is 3.71 Å². The molecule has 7 heteroatoms. The van der Waals surface area contributed by atoms with Crippen LogP contribution in [0.1, 0.15) is 0 Å². The molecular formula is C2H4NNaO3S2. The molecule has 9 heavy (non-hydrogen) atoms. The molecule has 0 fully saturated rings. The fourth-order valence-corrected chi connectivity index (χ4v) is 0.183. The Labute approximate surface area is 85.3 Å². The maximum atomic E-state index is 10.1. The van der Waals surface area contributed by atoms with Gasteiger partial charge < -0.3 is 4.74 Å². The van der Waals surface area contributed by atoms with Crippen molar-refractivity contribution in [2.45, 2.75) is 0 Å². The number of ether oxygens (including phenoxy) is 1. The van der Waals surface area contributed by atoms with E-state index in [4.69, 9.17) is 0 Å². The van der Waals surface area contributed by atoms with E-state index in [9.17, 15) is 9.59 Å². The van der Waals surface area contributed by atoms with E-state index in [2.05, 4.69) is 30.4 Å². The van der Waals surface area contributed by atoms with Crippen LogP contribution >= 0.6 is 25.6 Å². The van der Waals surface area contributed by atoms with Crippen molar-refractivity contribution in [3.63, 3.8) is 0 Å². The molecular weight excluding hydrogens is 173 g/mol. The first-order valence-electron chi connectivity index (χ1n) is 1.50. The molecule has 0 aromatic rings. The van der Waals surface area contributed by atoms with E-state index in [0.29, 0.717) is 3.71 Å². The molecule has 0 aromatic heterocycles. The van der Waals surface area contributed by atoms with Crippen molar-refractivity contribution in [3.8, 4) is 0 Å². The van der Waals surface area contributed by atoms with Gasteiger partial charge in [0.1, 0.15) is 0 Å². The molecule has 0 heterocycles. The Kier molecular flexibility index (Phi) is 9.25. The zero-order chi connectivity index (χ0) is 6.57. The molecule has 0 aliphatic rings. The van der Waals surface area contributed by atoms with Crippen LogP contribution in [0.25, 0.3) is 0 Å². The molecule has 0 spiro atoms. The molecule has 0 aliphatic carbocycles. The van der Waals surface area contributed by atoms with E-state index >= 15 is 0 Å². The van der Waals surface area contributed by atoms with Gasteiger partial charge in [0.2, 0.25) is 0 Å². The number of carbonyl (C=O) groups is 2. The molecule has 0 atom stereocenters. The molecule has 0 bridgehead atoms. The summed E-state index contributed by atoms with van der Waals surface area (Å²) in [6, 6.07) is 0. The van der Waals surface area contributed by atoms with Gasteiger partial charge in [0.15, 0.2) is 0 Å². The van der Waals surface area contributed by atoms with Crippen molar-refractivity contribution in [3.05, 3.63) is 0 Å². The summed E-state index contributed by atoms with van der Waals surface area (Å²) in [5, 5.41) is 0. The van der Waals surface area contributed by atoms with E-state index in [1.165, 1.54) is 0 Å². The van der Waals surface area contributed by atoms with Crippen LogP contribution in [0, 0.1) is 0 Å². The predicted octanol–water partition coefficient (Wildman–Crippen LogP) is -0.378. The second-order valence-electron chi connectivity index (χ2n) is 0.769. The number of rotatable bonds is 1. The van der Waals surface area contributed by atoms with E-state index in [-0.39, 0.29) is 36.0 Å². The van der Waals surface area contributed by atoms with Gasteiger partial charge in [0.25, 0.3) is 0 Å². The Bertz CT molecular complexity index is 108. The average Bonchev–Trinajstić information content (AvgIpc) is 1.67. The van der Waals surface area contributed by atoms with Crippen LogP contribution in [0.15, 0.2) is 0 Å². The Morgan fingerprint density at radius 3 is 2.11 bits per heavy atom. The first kappa shape index (κ1) is 12.3. The van der Waals surface area contributed by atoms with Gasteiger partial charge in [-0.3, -0.25) is 4.79 Å². The summed E-state index contributed by atoms with van der Waals surface area (Å²) in [5.74, 6) is 0. The van der Waals surface area contributed by atoms with Crippen LogP contribution in [-0.2, 0) is 9.53 Å². The third-order valence-electron chi connectivity index (χ3n) is 0.312. The molecule has 0 aliphatic heterocycles. The van der Waals surface area contributed by atoms with E-state index in [1.807, 2.05) is 0 Å². The maximum absolute atomic E-state index is 10.1. The molecule has 0 saturated heterocycles. The summed E-state index contributed by atoms with van der Waals surface area (Å²) >= 11 is 6.78. The molecule has 0 saturated carbocycles. The van der Waals surface area contributed by atoms with Gasteiger partial charge in [-0.25, -0.2) is 4.79 Å². The normalized spacial score (nSPS) is 6.89. The van der Waals surface area contributed by atoms with Crippen molar-refractivity contribution in [1.29, 1.82) is 0 Å². The number of amides is 1. The zero-order valence-corrected chi connectivity index (χ0v) is 5.43. The topological polar surface area (TPSA) is 46.6 Å².